The molecule has 224 valence electrons. The van der Waals surface area contributed by atoms with Gasteiger partial charge in [0, 0.05) is 63.7 Å². The highest BCUT2D eigenvalue weighted by atomic mass is 16.5. The molecule has 2 aromatic heterocycles. The lowest BCUT2D eigenvalue weighted by Crippen LogP contribution is -2.62. The summed E-state index contributed by atoms with van der Waals surface area (Å²) in [6.07, 6.45) is 6.48. The molecule has 41 heavy (non-hydrogen) atoms. The highest BCUT2D eigenvalue weighted by Crippen LogP contribution is 2.43. The van der Waals surface area contributed by atoms with Gasteiger partial charge in [-0.15, -0.1) is 0 Å². The molecule has 8 nitrogen and oxygen atoms in total. The van der Waals surface area contributed by atoms with Gasteiger partial charge < -0.3 is 29.1 Å². The van der Waals surface area contributed by atoms with Crippen LogP contribution in [0.15, 0.2) is 30.5 Å². The number of morpholine rings is 2. The number of hydrogen-bond donors (Lipinski definition) is 0. The van der Waals surface area contributed by atoms with Gasteiger partial charge in [0.25, 0.3) is 0 Å². The molecular formula is C33H50N6O2. The summed E-state index contributed by atoms with van der Waals surface area (Å²) in [5.41, 5.74) is 5.97. The van der Waals surface area contributed by atoms with Gasteiger partial charge in [-0.3, -0.25) is 9.97 Å². The van der Waals surface area contributed by atoms with Crippen molar-refractivity contribution in [1.82, 2.24) is 19.8 Å². The number of anilines is 2. The van der Waals surface area contributed by atoms with Gasteiger partial charge in [0.1, 0.15) is 0 Å². The lowest BCUT2D eigenvalue weighted by atomic mass is 9.83. The van der Waals surface area contributed by atoms with Gasteiger partial charge in [0.05, 0.1) is 47.7 Å². The molecule has 6 rings (SSSR count). The number of nitrogens with zero attached hydrogens (tertiary/aromatic N) is 6. The van der Waals surface area contributed by atoms with Gasteiger partial charge in [-0.1, -0.05) is 20.8 Å². The second-order valence-electron chi connectivity index (χ2n) is 13.6. The van der Waals surface area contributed by atoms with Gasteiger partial charge in [0.2, 0.25) is 0 Å². The van der Waals surface area contributed by atoms with Crippen molar-refractivity contribution in [2.45, 2.75) is 70.1 Å². The maximum atomic E-state index is 6.62. The van der Waals surface area contributed by atoms with Crippen molar-refractivity contribution in [2.24, 2.45) is 5.92 Å². The van der Waals surface area contributed by atoms with Crippen molar-refractivity contribution >= 4 is 11.4 Å². The van der Waals surface area contributed by atoms with Crippen LogP contribution in [-0.4, -0.2) is 104 Å². The van der Waals surface area contributed by atoms with Crippen LogP contribution in [-0.2, 0) is 22.4 Å². The Kier molecular flexibility index (Phi) is 8.29. The SMILES string of the molecule is CCc1ccc(N2CCOC3(CC3)C2)c(CN(C)CC2CN(c3ccc(C(C)C)nc3)C[C@]3(C2)CN(C)CCO3)n1. The van der Waals surface area contributed by atoms with Crippen molar-refractivity contribution in [1.29, 1.82) is 0 Å². The van der Waals surface area contributed by atoms with Crippen LogP contribution < -0.4 is 9.80 Å². The number of pyridine rings is 2. The molecule has 0 aromatic carbocycles. The van der Waals surface area contributed by atoms with E-state index in [0.29, 0.717) is 11.8 Å². The first-order chi connectivity index (χ1) is 19.8. The summed E-state index contributed by atoms with van der Waals surface area (Å²) in [5, 5.41) is 0. The fraction of sp³-hybridized carbons (Fsp3) is 0.697. The number of aromatic nitrogens is 2. The van der Waals surface area contributed by atoms with E-state index in [1.54, 1.807) is 0 Å². The molecule has 5 heterocycles. The Bertz CT molecular complexity index is 1180. The minimum absolute atomic E-state index is 0.0973. The Morgan fingerprint density at radius 2 is 1.78 bits per heavy atom. The summed E-state index contributed by atoms with van der Waals surface area (Å²) in [7, 11) is 4.50. The molecule has 0 bridgehead atoms. The van der Waals surface area contributed by atoms with E-state index in [9.17, 15) is 0 Å². The Morgan fingerprint density at radius 1 is 1.00 bits per heavy atom. The molecule has 4 fully saturated rings. The number of likely N-dealkylation sites (N-methyl/N-ethyl adjacent to an activating group) is 1. The lowest BCUT2D eigenvalue weighted by Gasteiger charge is -2.51. The minimum Gasteiger partial charge on any atom is -0.371 e. The predicted octanol–water partition coefficient (Wildman–Crippen LogP) is 4.19. The van der Waals surface area contributed by atoms with E-state index in [-0.39, 0.29) is 11.2 Å². The third kappa shape index (κ3) is 6.56. The molecule has 2 atom stereocenters. The Labute approximate surface area is 247 Å². The zero-order chi connectivity index (χ0) is 28.6. The quantitative estimate of drug-likeness (QED) is 0.475. The summed E-state index contributed by atoms with van der Waals surface area (Å²) in [4.78, 5) is 20.0. The van der Waals surface area contributed by atoms with Crippen LogP contribution in [0.4, 0.5) is 11.4 Å². The van der Waals surface area contributed by atoms with E-state index in [4.69, 9.17) is 19.4 Å². The number of rotatable bonds is 8. The molecule has 0 radical (unpaired) electrons. The summed E-state index contributed by atoms with van der Waals surface area (Å²) in [6, 6.07) is 8.98. The summed E-state index contributed by atoms with van der Waals surface area (Å²) in [6.45, 7) is 15.9. The first-order valence-electron chi connectivity index (χ1n) is 15.8. The standard InChI is InChI=1S/C33H50N6O2/c1-6-27-7-10-31(38-14-16-40-32(23-38)11-12-32)30(35-27)21-37(5)19-26-17-33(22-36(4)13-15-41-33)24-39(20-26)28-8-9-29(25(2)3)34-18-28/h7-10,18,25-26H,6,11-17,19-24H2,1-5H3/t26?,33-/m0/s1. The van der Waals surface area contributed by atoms with E-state index in [0.717, 1.165) is 84.1 Å². The van der Waals surface area contributed by atoms with Crippen LogP contribution in [0.2, 0.25) is 0 Å². The second kappa shape index (κ2) is 11.8. The third-order valence-electron chi connectivity index (χ3n) is 9.54. The molecule has 1 saturated carbocycles. The van der Waals surface area contributed by atoms with Crippen LogP contribution in [0.3, 0.4) is 0 Å². The van der Waals surface area contributed by atoms with E-state index in [1.807, 2.05) is 0 Å². The van der Waals surface area contributed by atoms with Crippen LogP contribution in [0.1, 0.15) is 63.0 Å². The van der Waals surface area contributed by atoms with Gasteiger partial charge in [-0.05, 0) is 75.9 Å². The fourth-order valence-electron chi connectivity index (χ4n) is 7.27. The maximum Gasteiger partial charge on any atom is 0.0986 e. The van der Waals surface area contributed by atoms with Crippen molar-refractivity contribution in [2.75, 3.05) is 82.9 Å². The van der Waals surface area contributed by atoms with Crippen LogP contribution in [0, 0.1) is 5.92 Å². The molecule has 3 saturated heterocycles. The average molecular weight is 563 g/mol. The Balaban J connectivity index is 1.19. The zero-order valence-electron chi connectivity index (χ0n) is 25.9. The Hall–Kier alpha value is -2.26. The summed E-state index contributed by atoms with van der Waals surface area (Å²) in [5.74, 6) is 0.923. The fourth-order valence-corrected chi connectivity index (χ4v) is 7.27. The normalized spacial score (nSPS) is 26.5. The molecule has 2 spiro atoms. The average Bonchev–Trinajstić information content (AvgIpc) is 3.70. The summed E-state index contributed by atoms with van der Waals surface area (Å²) >= 11 is 0. The molecule has 2 aromatic rings. The maximum absolute atomic E-state index is 6.62. The van der Waals surface area contributed by atoms with Crippen LogP contribution in [0.5, 0.6) is 0 Å². The van der Waals surface area contributed by atoms with E-state index in [1.165, 1.54) is 35.6 Å². The van der Waals surface area contributed by atoms with Gasteiger partial charge in [-0.2, -0.15) is 0 Å². The van der Waals surface area contributed by atoms with Crippen molar-refractivity contribution in [3.05, 3.63) is 47.5 Å². The van der Waals surface area contributed by atoms with Gasteiger partial charge in [0.15, 0.2) is 0 Å². The molecule has 1 aliphatic carbocycles. The molecular weight excluding hydrogens is 512 g/mol. The minimum atomic E-state index is -0.147. The first kappa shape index (κ1) is 28.8. The smallest absolute Gasteiger partial charge is 0.0986 e. The van der Waals surface area contributed by atoms with Gasteiger partial charge in [-0.25, -0.2) is 0 Å². The largest absolute Gasteiger partial charge is 0.371 e. The zero-order valence-corrected chi connectivity index (χ0v) is 25.9. The lowest BCUT2D eigenvalue weighted by molar-refractivity contribution is -0.118. The van der Waals surface area contributed by atoms with E-state index in [2.05, 4.69) is 84.9 Å². The third-order valence-corrected chi connectivity index (χ3v) is 9.54. The second-order valence-corrected chi connectivity index (χ2v) is 13.6. The van der Waals surface area contributed by atoms with E-state index >= 15 is 0 Å². The molecule has 8 heteroatoms. The van der Waals surface area contributed by atoms with Crippen molar-refractivity contribution in [3.63, 3.8) is 0 Å². The molecule has 0 N–H and O–H groups in total. The summed E-state index contributed by atoms with van der Waals surface area (Å²) < 4.78 is 12.7. The highest BCUT2D eigenvalue weighted by Gasteiger charge is 2.48. The number of hydrogen-bond acceptors (Lipinski definition) is 8. The highest BCUT2D eigenvalue weighted by molar-refractivity contribution is 5.52. The molecule has 3 aliphatic heterocycles. The number of aryl methyl sites for hydroxylation is 1. The monoisotopic (exact) mass is 562 g/mol. The topological polar surface area (TPSA) is 57.2 Å². The predicted molar refractivity (Wildman–Crippen MR) is 165 cm³/mol. The van der Waals surface area contributed by atoms with Crippen LogP contribution in [0.25, 0.3) is 0 Å². The van der Waals surface area contributed by atoms with Crippen molar-refractivity contribution < 1.29 is 9.47 Å². The first-order valence-corrected chi connectivity index (χ1v) is 15.8. The molecule has 0 amide bonds. The van der Waals surface area contributed by atoms with Crippen LogP contribution >= 0.6 is 0 Å². The Morgan fingerprint density at radius 3 is 2.49 bits per heavy atom. The van der Waals surface area contributed by atoms with Gasteiger partial charge >= 0.3 is 0 Å². The molecule has 4 aliphatic rings. The molecule has 1 unspecified atom stereocenters. The number of piperidine rings is 1. The number of ether oxygens (including phenoxy) is 2. The van der Waals surface area contributed by atoms with Crippen molar-refractivity contribution in [3.8, 4) is 0 Å². The van der Waals surface area contributed by atoms with E-state index < -0.39 is 0 Å².